The van der Waals surface area contributed by atoms with E-state index in [0.717, 1.165) is 23.9 Å². The molecule has 0 unspecified atom stereocenters. The van der Waals surface area contributed by atoms with E-state index in [1.807, 2.05) is 6.07 Å². The van der Waals surface area contributed by atoms with Gasteiger partial charge in [-0.25, -0.2) is 0 Å². The van der Waals surface area contributed by atoms with Gasteiger partial charge < -0.3 is 9.67 Å². The number of benzene rings is 1. The van der Waals surface area contributed by atoms with Crippen LogP contribution in [0.2, 0.25) is 0 Å². The molecule has 0 radical (unpaired) electrons. The van der Waals surface area contributed by atoms with Crippen molar-refractivity contribution in [2.24, 2.45) is 0 Å². The molecule has 0 amide bonds. The Bertz CT molecular complexity index is 533. The van der Waals surface area contributed by atoms with Crippen molar-refractivity contribution in [2.75, 3.05) is 0 Å². The van der Waals surface area contributed by atoms with Crippen LogP contribution in [0.4, 0.5) is 0 Å². The van der Waals surface area contributed by atoms with Crippen LogP contribution in [0.3, 0.4) is 0 Å². The molecule has 2 aromatic rings. The van der Waals surface area contributed by atoms with Gasteiger partial charge in [0.15, 0.2) is 0 Å². The van der Waals surface area contributed by atoms with Crippen molar-refractivity contribution in [3.05, 3.63) is 34.9 Å². The molecule has 0 bridgehead atoms. The van der Waals surface area contributed by atoms with Gasteiger partial charge in [-0.2, -0.15) is 0 Å². The summed E-state index contributed by atoms with van der Waals surface area (Å²) in [4.78, 5) is 10.4. The average Bonchev–Trinajstić information content (AvgIpc) is 2.67. The van der Waals surface area contributed by atoms with Crippen molar-refractivity contribution in [1.82, 2.24) is 4.57 Å². The van der Waals surface area contributed by atoms with Gasteiger partial charge in [0.2, 0.25) is 0 Å². The van der Waals surface area contributed by atoms with Crippen LogP contribution >= 0.6 is 15.9 Å². The first-order valence-electron chi connectivity index (χ1n) is 5.63. The third-order valence-corrected chi connectivity index (χ3v) is 3.27. The first-order chi connectivity index (χ1) is 8.16. The zero-order chi connectivity index (χ0) is 12.3. The number of carbonyl (C=O) groups is 1. The Balaban J connectivity index is 2.03. The van der Waals surface area contributed by atoms with Gasteiger partial charge in [0.25, 0.3) is 0 Å². The van der Waals surface area contributed by atoms with Crippen LogP contribution < -0.4 is 0 Å². The largest absolute Gasteiger partial charge is 0.481 e. The topological polar surface area (TPSA) is 42.2 Å². The highest BCUT2D eigenvalue weighted by atomic mass is 79.9. The highest BCUT2D eigenvalue weighted by molar-refractivity contribution is 9.10. The molecule has 1 N–H and O–H groups in total. The Morgan fingerprint density at radius 2 is 2.12 bits per heavy atom. The molecule has 1 aromatic heterocycles. The van der Waals surface area contributed by atoms with Gasteiger partial charge in [-0.3, -0.25) is 4.79 Å². The second kappa shape index (κ2) is 5.36. The molecule has 0 aliphatic rings. The molecule has 0 spiro atoms. The maximum Gasteiger partial charge on any atom is 0.303 e. The predicted molar refractivity (Wildman–Crippen MR) is 71.1 cm³/mol. The minimum Gasteiger partial charge on any atom is -0.481 e. The molecule has 0 saturated carbocycles. The maximum atomic E-state index is 10.4. The molecule has 3 nitrogen and oxygen atoms in total. The Morgan fingerprint density at radius 3 is 2.88 bits per heavy atom. The lowest BCUT2D eigenvalue weighted by atomic mass is 10.2. The van der Waals surface area contributed by atoms with Crippen molar-refractivity contribution < 1.29 is 9.90 Å². The molecule has 1 aromatic carbocycles. The lowest BCUT2D eigenvalue weighted by molar-refractivity contribution is -0.137. The summed E-state index contributed by atoms with van der Waals surface area (Å²) in [6.45, 7) is 0.868. The fourth-order valence-electron chi connectivity index (χ4n) is 1.91. The van der Waals surface area contributed by atoms with Crippen LogP contribution in [0.15, 0.2) is 34.9 Å². The summed E-state index contributed by atoms with van der Waals surface area (Å²) in [7, 11) is 0. The fourth-order valence-corrected chi connectivity index (χ4v) is 2.26. The predicted octanol–water partition coefficient (Wildman–Crippen LogP) is 3.66. The van der Waals surface area contributed by atoms with E-state index in [1.54, 1.807) is 0 Å². The van der Waals surface area contributed by atoms with Crippen molar-refractivity contribution in [2.45, 2.75) is 25.8 Å². The summed E-state index contributed by atoms with van der Waals surface area (Å²) in [5.41, 5.74) is 1.19. The fraction of sp³-hybridized carbons (Fsp3) is 0.308. The number of aryl methyl sites for hydroxylation is 1. The molecule has 1 heterocycles. The number of unbranched alkanes of at least 4 members (excludes halogenated alkanes) is 1. The first-order valence-corrected chi connectivity index (χ1v) is 6.42. The van der Waals surface area contributed by atoms with Crippen molar-refractivity contribution >= 4 is 32.8 Å². The third kappa shape index (κ3) is 3.09. The van der Waals surface area contributed by atoms with Gasteiger partial charge in [0.05, 0.1) is 0 Å². The molecule has 17 heavy (non-hydrogen) atoms. The number of carboxylic acids is 1. The summed E-state index contributed by atoms with van der Waals surface area (Å²) in [5, 5.41) is 9.78. The minimum atomic E-state index is -0.717. The van der Waals surface area contributed by atoms with Gasteiger partial charge in [-0.05, 0) is 36.4 Å². The zero-order valence-corrected chi connectivity index (χ0v) is 11.0. The minimum absolute atomic E-state index is 0.253. The molecule has 0 aliphatic heterocycles. The highest BCUT2D eigenvalue weighted by Crippen LogP contribution is 2.21. The van der Waals surface area contributed by atoms with E-state index in [9.17, 15) is 4.79 Å². The molecular formula is C13H14BrNO2. The smallest absolute Gasteiger partial charge is 0.303 e. The van der Waals surface area contributed by atoms with E-state index in [1.165, 1.54) is 10.9 Å². The molecule has 90 valence electrons. The van der Waals surface area contributed by atoms with Crippen LogP contribution in [0.25, 0.3) is 10.9 Å². The van der Waals surface area contributed by atoms with Gasteiger partial charge in [-0.1, -0.05) is 22.0 Å². The number of aliphatic carboxylic acids is 1. The molecule has 4 heteroatoms. The third-order valence-electron chi connectivity index (χ3n) is 2.78. The van der Waals surface area contributed by atoms with Crippen LogP contribution in [-0.2, 0) is 11.3 Å². The second-order valence-electron chi connectivity index (χ2n) is 4.06. The average molecular weight is 296 g/mol. The van der Waals surface area contributed by atoms with E-state index in [-0.39, 0.29) is 6.42 Å². The quantitative estimate of drug-likeness (QED) is 0.856. The summed E-state index contributed by atoms with van der Waals surface area (Å²) < 4.78 is 3.23. The Labute approximate surface area is 108 Å². The Morgan fingerprint density at radius 1 is 1.29 bits per heavy atom. The van der Waals surface area contributed by atoms with Crippen molar-refractivity contribution in [3.63, 3.8) is 0 Å². The summed E-state index contributed by atoms with van der Waals surface area (Å²) >= 11 is 3.46. The van der Waals surface area contributed by atoms with Crippen molar-refractivity contribution in [1.29, 1.82) is 0 Å². The van der Waals surface area contributed by atoms with Crippen LogP contribution in [0.1, 0.15) is 19.3 Å². The zero-order valence-electron chi connectivity index (χ0n) is 9.40. The van der Waals surface area contributed by atoms with Gasteiger partial charge in [0.1, 0.15) is 0 Å². The van der Waals surface area contributed by atoms with E-state index in [2.05, 4.69) is 44.9 Å². The molecule has 0 saturated heterocycles. The van der Waals surface area contributed by atoms with Crippen LogP contribution in [0, 0.1) is 0 Å². The van der Waals surface area contributed by atoms with E-state index < -0.39 is 5.97 Å². The molecular weight excluding hydrogens is 282 g/mol. The number of fused-ring (bicyclic) bond motifs is 1. The molecule has 0 fully saturated rings. The number of nitrogens with zero attached hydrogens (tertiary/aromatic N) is 1. The molecule has 2 rings (SSSR count). The number of aromatic nitrogens is 1. The van der Waals surface area contributed by atoms with Gasteiger partial charge >= 0.3 is 5.97 Å². The number of rotatable bonds is 5. The summed E-state index contributed by atoms with van der Waals surface area (Å²) in [5.74, 6) is -0.717. The second-order valence-corrected chi connectivity index (χ2v) is 4.98. The number of hydrogen-bond acceptors (Lipinski definition) is 1. The Kier molecular flexibility index (Phi) is 3.84. The van der Waals surface area contributed by atoms with Gasteiger partial charge in [-0.15, -0.1) is 0 Å². The maximum absolute atomic E-state index is 10.4. The lowest BCUT2D eigenvalue weighted by Crippen LogP contribution is -1.99. The van der Waals surface area contributed by atoms with E-state index >= 15 is 0 Å². The SMILES string of the molecule is O=C(O)CCCCn1ccc2ccc(Br)cc21. The summed E-state index contributed by atoms with van der Waals surface area (Å²) in [6, 6.07) is 8.27. The van der Waals surface area contributed by atoms with Gasteiger partial charge in [0, 0.05) is 29.2 Å². The van der Waals surface area contributed by atoms with E-state index in [4.69, 9.17) is 5.11 Å². The van der Waals surface area contributed by atoms with Crippen molar-refractivity contribution in [3.8, 4) is 0 Å². The number of carboxylic acid groups (broad SMARTS) is 1. The van der Waals surface area contributed by atoms with Crippen LogP contribution in [-0.4, -0.2) is 15.6 Å². The number of hydrogen-bond donors (Lipinski definition) is 1. The lowest BCUT2D eigenvalue weighted by Gasteiger charge is -2.04. The highest BCUT2D eigenvalue weighted by Gasteiger charge is 2.02. The standard InChI is InChI=1S/C13H14BrNO2/c14-11-5-4-10-6-8-15(12(10)9-11)7-2-1-3-13(16)17/h4-6,8-9H,1-3,7H2,(H,16,17). The first kappa shape index (κ1) is 12.2. The normalized spacial score (nSPS) is 10.9. The number of halogens is 1. The van der Waals surface area contributed by atoms with Crippen LogP contribution in [0.5, 0.6) is 0 Å². The van der Waals surface area contributed by atoms with E-state index in [0.29, 0.717) is 0 Å². The monoisotopic (exact) mass is 295 g/mol. The Hall–Kier alpha value is -1.29. The molecule has 0 aliphatic carbocycles. The summed E-state index contributed by atoms with van der Waals surface area (Å²) in [6.07, 6.45) is 3.92. The molecule has 0 atom stereocenters.